The molecule has 9 aromatic rings. The van der Waals surface area contributed by atoms with Crippen molar-refractivity contribution in [2.24, 2.45) is 0 Å². The Bertz CT molecular complexity index is 2480. The summed E-state index contributed by atoms with van der Waals surface area (Å²) in [5, 5.41) is 15.3. The van der Waals surface area contributed by atoms with Gasteiger partial charge in [0.1, 0.15) is 0 Å². The summed E-state index contributed by atoms with van der Waals surface area (Å²) < 4.78 is 0. The van der Waals surface area contributed by atoms with Gasteiger partial charge in [-0.3, -0.25) is 4.98 Å². The first-order valence-corrected chi connectivity index (χ1v) is 16.9. The Morgan fingerprint density at radius 1 is 0.438 bits per heavy atom. The molecule has 8 aromatic carbocycles. The minimum Gasteiger partial charge on any atom is -0.263 e. The third-order valence-electron chi connectivity index (χ3n) is 10.5. The van der Waals surface area contributed by atoms with Crippen LogP contribution in [0, 0.1) is 12.3 Å². The third-order valence-corrected chi connectivity index (χ3v) is 10.5. The number of hydrogen-bond donors (Lipinski definition) is 0. The van der Waals surface area contributed by atoms with Crippen LogP contribution in [0.1, 0.15) is 58.2 Å². The van der Waals surface area contributed by atoms with Crippen molar-refractivity contribution in [1.29, 1.82) is 0 Å². The molecular formula is C47H37N. The highest BCUT2D eigenvalue weighted by Gasteiger charge is 2.20. The minimum atomic E-state index is 0.0905. The standard InChI is InChI=1S/C47H37N/c1-8-39-40(35-17-27-9-13-31-21-37(46(2,3)4)22-32-14-10-28(18-35)42(27)44(31)32)25-48-26-41(39)36-19-29-11-15-33-23-38(47(5,6)7)24-34-16-12-30(20-36)43(29)45(33)34/h1,9-26H,2-7H3. The van der Waals surface area contributed by atoms with E-state index in [0.717, 1.165) is 27.8 Å². The van der Waals surface area contributed by atoms with Crippen molar-refractivity contribution >= 4 is 64.6 Å². The highest BCUT2D eigenvalue weighted by molar-refractivity contribution is 6.25. The van der Waals surface area contributed by atoms with Crippen molar-refractivity contribution in [2.75, 3.05) is 0 Å². The average Bonchev–Trinajstić information content (AvgIpc) is 3.07. The summed E-state index contributed by atoms with van der Waals surface area (Å²) in [5.74, 6) is 3.08. The molecule has 230 valence electrons. The Morgan fingerprint density at radius 3 is 0.958 bits per heavy atom. The fourth-order valence-electron chi connectivity index (χ4n) is 7.91. The summed E-state index contributed by atoms with van der Waals surface area (Å²) in [6.07, 6.45) is 10.2. The Labute approximate surface area is 281 Å². The van der Waals surface area contributed by atoms with E-state index in [2.05, 4.69) is 145 Å². The smallest absolute Gasteiger partial charge is 0.0430 e. The van der Waals surface area contributed by atoms with Crippen LogP contribution in [-0.4, -0.2) is 4.98 Å². The van der Waals surface area contributed by atoms with Gasteiger partial charge in [-0.05, 0) is 122 Å². The lowest BCUT2D eigenvalue weighted by Gasteiger charge is -2.22. The molecule has 0 saturated heterocycles. The molecule has 1 nitrogen and oxygen atoms in total. The number of hydrogen-bond acceptors (Lipinski definition) is 1. The summed E-state index contributed by atoms with van der Waals surface area (Å²) in [6, 6.07) is 36.7. The number of rotatable bonds is 2. The van der Waals surface area contributed by atoms with Gasteiger partial charge in [0.2, 0.25) is 0 Å². The molecule has 0 N–H and O–H groups in total. The van der Waals surface area contributed by atoms with Crippen LogP contribution in [0.15, 0.2) is 109 Å². The zero-order valence-electron chi connectivity index (χ0n) is 28.4. The molecule has 0 spiro atoms. The maximum Gasteiger partial charge on any atom is 0.0430 e. The largest absolute Gasteiger partial charge is 0.263 e. The Balaban J connectivity index is 1.21. The lowest BCUT2D eigenvalue weighted by molar-refractivity contribution is 0.591. The summed E-state index contributed by atoms with van der Waals surface area (Å²) in [5.41, 5.74) is 7.91. The molecular weight excluding hydrogens is 579 g/mol. The SMILES string of the molecule is C#Cc1c(-c2cc3ccc4cc(C(C)(C)C)cc5ccc(c2)c3c45)cncc1-c1cc2ccc3cc(C(C)(C)C)cc4ccc(c1)c2c34. The van der Waals surface area contributed by atoms with E-state index in [9.17, 15) is 0 Å². The number of benzene rings is 8. The third kappa shape index (κ3) is 4.22. The van der Waals surface area contributed by atoms with Crippen molar-refractivity contribution < 1.29 is 0 Å². The van der Waals surface area contributed by atoms with Crippen molar-refractivity contribution in [3.63, 3.8) is 0 Å². The van der Waals surface area contributed by atoms with Crippen molar-refractivity contribution in [2.45, 2.75) is 52.4 Å². The highest BCUT2D eigenvalue weighted by Crippen LogP contribution is 2.43. The summed E-state index contributed by atoms with van der Waals surface area (Å²) in [7, 11) is 0. The van der Waals surface area contributed by atoms with Gasteiger partial charge in [0.05, 0.1) is 0 Å². The predicted molar refractivity (Wildman–Crippen MR) is 208 cm³/mol. The van der Waals surface area contributed by atoms with Crippen molar-refractivity contribution in [3.8, 4) is 34.6 Å². The number of pyridine rings is 1. The lowest BCUT2D eigenvalue weighted by Crippen LogP contribution is -2.10. The molecule has 0 amide bonds. The first-order valence-electron chi connectivity index (χ1n) is 16.9. The second kappa shape index (κ2) is 9.79. The van der Waals surface area contributed by atoms with Gasteiger partial charge in [0.15, 0.2) is 0 Å². The van der Waals surface area contributed by atoms with E-state index in [1.807, 2.05) is 12.4 Å². The van der Waals surface area contributed by atoms with Gasteiger partial charge in [-0.2, -0.15) is 0 Å². The second-order valence-electron chi connectivity index (χ2n) is 15.7. The molecule has 0 saturated carbocycles. The zero-order valence-corrected chi connectivity index (χ0v) is 28.4. The molecule has 0 aliphatic rings. The van der Waals surface area contributed by atoms with E-state index in [1.54, 1.807) is 0 Å². The molecule has 0 radical (unpaired) electrons. The summed E-state index contributed by atoms with van der Waals surface area (Å²) in [4.78, 5) is 4.77. The Hall–Kier alpha value is -5.45. The number of terminal acetylenes is 1. The molecule has 0 unspecified atom stereocenters. The second-order valence-corrected chi connectivity index (χ2v) is 15.7. The van der Waals surface area contributed by atoms with E-state index in [4.69, 9.17) is 11.4 Å². The molecule has 0 fully saturated rings. The van der Waals surface area contributed by atoms with Crippen LogP contribution in [0.3, 0.4) is 0 Å². The van der Waals surface area contributed by atoms with Crippen LogP contribution in [-0.2, 0) is 10.8 Å². The van der Waals surface area contributed by atoms with Crippen LogP contribution >= 0.6 is 0 Å². The fourth-order valence-corrected chi connectivity index (χ4v) is 7.91. The van der Waals surface area contributed by atoms with Gasteiger partial charge in [0.25, 0.3) is 0 Å². The van der Waals surface area contributed by atoms with E-state index < -0.39 is 0 Å². The fraction of sp³-hybridized carbons (Fsp3) is 0.170. The maximum absolute atomic E-state index is 6.35. The Kier molecular flexibility index (Phi) is 5.86. The normalized spacial score (nSPS) is 12.8. The van der Waals surface area contributed by atoms with Crippen LogP contribution < -0.4 is 0 Å². The quantitative estimate of drug-likeness (QED) is 0.139. The highest BCUT2D eigenvalue weighted by atomic mass is 14.6. The van der Waals surface area contributed by atoms with E-state index in [1.165, 1.54) is 75.8 Å². The number of aromatic nitrogens is 1. The van der Waals surface area contributed by atoms with Gasteiger partial charge < -0.3 is 0 Å². The average molecular weight is 616 g/mol. The van der Waals surface area contributed by atoms with Gasteiger partial charge in [-0.15, -0.1) is 6.42 Å². The van der Waals surface area contributed by atoms with Gasteiger partial charge in [0, 0.05) is 29.1 Å². The summed E-state index contributed by atoms with van der Waals surface area (Å²) in [6.45, 7) is 13.7. The Morgan fingerprint density at radius 2 is 0.708 bits per heavy atom. The summed E-state index contributed by atoms with van der Waals surface area (Å²) >= 11 is 0. The van der Waals surface area contributed by atoms with E-state index in [-0.39, 0.29) is 10.8 Å². The lowest BCUT2D eigenvalue weighted by atomic mass is 9.82. The topological polar surface area (TPSA) is 12.9 Å². The maximum atomic E-state index is 6.35. The van der Waals surface area contributed by atoms with Crippen LogP contribution in [0.5, 0.6) is 0 Å². The van der Waals surface area contributed by atoms with Crippen molar-refractivity contribution in [1.82, 2.24) is 4.98 Å². The molecule has 1 aromatic heterocycles. The van der Waals surface area contributed by atoms with Crippen LogP contribution in [0.2, 0.25) is 0 Å². The minimum absolute atomic E-state index is 0.0905. The number of nitrogens with zero attached hydrogens (tertiary/aromatic N) is 1. The monoisotopic (exact) mass is 615 g/mol. The molecule has 0 atom stereocenters. The molecule has 48 heavy (non-hydrogen) atoms. The van der Waals surface area contributed by atoms with Crippen molar-refractivity contribution in [3.05, 3.63) is 126 Å². The molecule has 1 heteroatoms. The molecule has 0 aliphatic heterocycles. The van der Waals surface area contributed by atoms with E-state index >= 15 is 0 Å². The molecule has 9 rings (SSSR count). The van der Waals surface area contributed by atoms with E-state index in [0.29, 0.717) is 0 Å². The van der Waals surface area contributed by atoms with Gasteiger partial charge in [-0.1, -0.05) is 120 Å². The molecule has 1 heterocycles. The molecule has 0 bridgehead atoms. The zero-order chi connectivity index (χ0) is 33.1. The van der Waals surface area contributed by atoms with Gasteiger partial charge in [-0.25, -0.2) is 0 Å². The first-order chi connectivity index (χ1) is 23.0. The predicted octanol–water partition coefficient (Wildman–Crippen LogP) is 12.8. The van der Waals surface area contributed by atoms with Crippen LogP contribution in [0.25, 0.3) is 86.9 Å². The first kappa shape index (κ1) is 28.7. The molecule has 0 aliphatic carbocycles. The van der Waals surface area contributed by atoms with Crippen LogP contribution in [0.4, 0.5) is 0 Å². The van der Waals surface area contributed by atoms with Gasteiger partial charge >= 0.3 is 0 Å².